The standard InChI is InChI=1S/C18H19O7P.C6H14/c1-22-11-7-5-8-12(23-2)15(11)17(19)26(21)18(20)16-13(24-3)9-6-10-14(16)25-4;1-3-5-6-4-2/h5-10,26H,1-4H3;3-6H2,1-2H3. The zero-order valence-electron chi connectivity index (χ0n) is 19.7. The van der Waals surface area contributed by atoms with Crippen molar-refractivity contribution in [3.8, 4) is 23.0 Å². The number of hydrogen-bond donors (Lipinski definition) is 0. The molecule has 7 nitrogen and oxygen atoms in total. The summed E-state index contributed by atoms with van der Waals surface area (Å²) >= 11 is 0. The van der Waals surface area contributed by atoms with Gasteiger partial charge in [0.05, 0.1) is 28.4 Å². The van der Waals surface area contributed by atoms with Gasteiger partial charge < -0.3 is 23.5 Å². The molecule has 0 aliphatic rings. The van der Waals surface area contributed by atoms with Crippen molar-refractivity contribution < 1.29 is 33.1 Å². The van der Waals surface area contributed by atoms with E-state index in [-0.39, 0.29) is 34.1 Å². The highest BCUT2D eigenvalue weighted by Crippen LogP contribution is 2.42. The molecule has 32 heavy (non-hydrogen) atoms. The molecule has 0 N–H and O–H groups in total. The number of hydrogen-bond acceptors (Lipinski definition) is 7. The second-order valence-corrected chi connectivity index (χ2v) is 8.34. The van der Waals surface area contributed by atoms with Crippen LogP contribution in [0.25, 0.3) is 0 Å². The zero-order chi connectivity index (χ0) is 24.1. The molecule has 0 unspecified atom stereocenters. The summed E-state index contributed by atoms with van der Waals surface area (Å²) in [7, 11) is 2.05. The van der Waals surface area contributed by atoms with E-state index in [4.69, 9.17) is 18.9 Å². The van der Waals surface area contributed by atoms with Gasteiger partial charge in [0.15, 0.2) is 0 Å². The maximum atomic E-state index is 12.8. The van der Waals surface area contributed by atoms with Crippen molar-refractivity contribution in [2.24, 2.45) is 0 Å². The Labute approximate surface area is 190 Å². The van der Waals surface area contributed by atoms with Crippen LogP contribution in [-0.2, 0) is 4.57 Å². The van der Waals surface area contributed by atoms with Crippen LogP contribution in [0, 0.1) is 0 Å². The number of unbranched alkanes of at least 4 members (excludes halogenated alkanes) is 3. The quantitative estimate of drug-likeness (QED) is 0.304. The topological polar surface area (TPSA) is 88.1 Å². The van der Waals surface area contributed by atoms with Gasteiger partial charge in [0.25, 0.3) is 0 Å². The van der Waals surface area contributed by atoms with Gasteiger partial charge in [0.1, 0.15) is 34.1 Å². The summed E-state index contributed by atoms with van der Waals surface area (Å²) in [5.74, 6) is 0.694. The number of rotatable bonds is 11. The Hall–Kier alpha value is -2.79. The van der Waals surface area contributed by atoms with Crippen LogP contribution in [0.4, 0.5) is 0 Å². The van der Waals surface area contributed by atoms with Crippen LogP contribution in [-0.4, -0.2) is 39.5 Å². The molecule has 0 bridgehead atoms. The summed E-state index contributed by atoms with van der Waals surface area (Å²) in [5.41, 5.74) is -1.79. The first kappa shape index (κ1) is 27.2. The average molecular weight is 464 g/mol. The van der Waals surface area contributed by atoms with Crippen LogP contribution in [0.3, 0.4) is 0 Å². The van der Waals surface area contributed by atoms with E-state index in [1.165, 1.54) is 78.4 Å². The van der Waals surface area contributed by atoms with E-state index in [0.717, 1.165) is 0 Å². The summed E-state index contributed by atoms with van der Waals surface area (Å²) < 4.78 is 33.4. The Kier molecular flexibility index (Phi) is 12.2. The van der Waals surface area contributed by atoms with Crippen LogP contribution in [0.15, 0.2) is 36.4 Å². The maximum Gasteiger partial charge on any atom is 0.233 e. The van der Waals surface area contributed by atoms with Crippen LogP contribution in [0.2, 0.25) is 0 Å². The largest absolute Gasteiger partial charge is 0.496 e. The molecule has 176 valence electrons. The monoisotopic (exact) mass is 464 g/mol. The predicted octanol–water partition coefficient (Wildman–Crippen LogP) is 5.85. The van der Waals surface area contributed by atoms with Crippen molar-refractivity contribution in [1.29, 1.82) is 0 Å². The first-order valence-electron chi connectivity index (χ1n) is 10.5. The van der Waals surface area contributed by atoms with Gasteiger partial charge in [0, 0.05) is 0 Å². The molecule has 0 fully saturated rings. The van der Waals surface area contributed by atoms with Gasteiger partial charge in [-0.2, -0.15) is 0 Å². The van der Waals surface area contributed by atoms with Crippen molar-refractivity contribution in [2.75, 3.05) is 28.4 Å². The first-order valence-corrected chi connectivity index (χ1v) is 11.9. The fraction of sp³-hybridized carbons (Fsp3) is 0.417. The molecule has 0 saturated carbocycles. The Balaban J connectivity index is 0.000000751. The SMILES string of the molecule is CCCCCC.COc1cccc(OC)c1C(=O)[PH](=O)C(=O)c1c(OC)cccc1OC. The number of benzene rings is 2. The van der Waals surface area contributed by atoms with Crippen LogP contribution in [0.1, 0.15) is 60.2 Å². The van der Waals surface area contributed by atoms with E-state index in [2.05, 4.69) is 13.8 Å². The lowest BCUT2D eigenvalue weighted by molar-refractivity contribution is 0.104. The summed E-state index contributed by atoms with van der Waals surface area (Å²) in [4.78, 5) is 25.6. The van der Waals surface area contributed by atoms with Crippen molar-refractivity contribution in [3.63, 3.8) is 0 Å². The lowest BCUT2D eigenvalue weighted by Crippen LogP contribution is -2.08. The van der Waals surface area contributed by atoms with Gasteiger partial charge in [-0.15, -0.1) is 0 Å². The molecule has 0 aliphatic heterocycles. The normalized spacial score (nSPS) is 10.1. The molecule has 0 radical (unpaired) electrons. The molecule has 0 spiro atoms. The first-order chi connectivity index (χ1) is 15.4. The van der Waals surface area contributed by atoms with Crippen molar-refractivity contribution in [3.05, 3.63) is 47.5 Å². The molecule has 0 amide bonds. The minimum Gasteiger partial charge on any atom is -0.496 e. The van der Waals surface area contributed by atoms with Crippen LogP contribution >= 0.6 is 7.80 Å². The summed E-state index contributed by atoms with van der Waals surface area (Å²) in [6, 6.07) is 9.35. The van der Waals surface area contributed by atoms with Gasteiger partial charge in [-0.25, -0.2) is 0 Å². The zero-order valence-corrected chi connectivity index (χ0v) is 20.7. The molecule has 0 atom stereocenters. The predicted molar refractivity (Wildman–Crippen MR) is 127 cm³/mol. The Morgan fingerprint density at radius 1 is 0.656 bits per heavy atom. The third kappa shape index (κ3) is 6.86. The molecule has 0 saturated heterocycles. The Morgan fingerprint density at radius 3 is 1.16 bits per heavy atom. The van der Waals surface area contributed by atoms with Crippen LogP contribution in [0.5, 0.6) is 23.0 Å². The minimum absolute atomic E-state index is 0.0383. The minimum atomic E-state index is -3.43. The van der Waals surface area contributed by atoms with Crippen molar-refractivity contribution in [1.82, 2.24) is 0 Å². The second-order valence-electron chi connectivity index (χ2n) is 6.77. The van der Waals surface area contributed by atoms with Gasteiger partial charge in [-0.3, -0.25) is 9.59 Å². The van der Waals surface area contributed by atoms with Gasteiger partial charge in [-0.05, 0) is 24.3 Å². The molecule has 8 heteroatoms. The molecule has 2 rings (SSSR count). The van der Waals surface area contributed by atoms with Crippen molar-refractivity contribution >= 4 is 18.8 Å². The summed E-state index contributed by atoms with van der Waals surface area (Å²) in [5, 5.41) is 0. The molecular weight excluding hydrogens is 431 g/mol. The van der Waals surface area contributed by atoms with Gasteiger partial charge in [-0.1, -0.05) is 51.7 Å². The lowest BCUT2D eigenvalue weighted by atomic mass is 10.2. The highest BCUT2D eigenvalue weighted by Gasteiger charge is 2.32. The molecule has 2 aromatic carbocycles. The van der Waals surface area contributed by atoms with E-state index in [9.17, 15) is 14.2 Å². The third-order valence-electron chi connectivity index (χ3n) is 4.68. The summed E-state index contributed by atoms with van der Waals surface area (Å²) in [6.07, 6.45) is 5.54. The Bertz CT molecular complexity index is 807. The lowest BCUT2D eigenvalue weighted by Gasteiger charge is -2.13. The highest BCUT2D eigenvalue weighted by atomic mass is 31.1. The van der Waals surface area contributed by atoms with Gasteiger partial charge >= 0.3 is 0 Å². The number of carbonyl (C=O) groups excluding carboxylic acids is 2. The fourth-order valence-electron chi connectivity index (χ4n) is 2.98. The highest BCUT2D eigenvalue weighted by molar-refractivity contribution is 7.80. The van der Waals surface area contributed by atoms with Crippen LogP contribution < -0.4 is 18.9 Å². The molecular formula is C24H33O7P. The molecule has 0 heterocycles. The molecule has 0 aliphatic carbocycles. The van der Waals surface area contributed by atoms with E-state index < -0.39 is 18.8 Å². The van der Waals surface area contributed by atoms with Crippen molar-refractivity contribution in [2.45, 2.75) is 39.5 Å². The number of ether oxygens (including phenoxy) is 4. The summed E-state index contributed by atoms with van der Waals surface area (Å²) in [6.45, 7) is 4.46. The average Bonchev–Trinajstić information content (AvgIpc) is 2.85. The van der Waals surface area contributed by atoms with E-state index in [0.29, 0.717) is 0 Å². The molecule has 2 aromatic rings. The fourth-order valence-corrected chi connectivity index (χ4v) is 4.13. The smallest absolute Gasteiger partial charge is 0.233 e. The van der Waals surface area contributed by atoms with Gasteiger partial charge in [0.2, 0.25) is 18.8 Å². The number of methoxy groups -OCH3 is 4. The van der Waals surface area contributed by atoms with E-state index >= 15 is 0 Å². The Morgan fingerprint density at radius 2 is 0.938 bits per heavy atom. The molecule has 0 aromatic heterocycles. The third-order valence-corrected chi connectivity index (χ3v) is 6.00. The van der Waals surface area contributed by atoms with E-state index in [1.807, 2.05) is 0 Å². The number of carbonyl (C=O) groups is 2. The maximum absolute atomic E-state index is 12.8. The second kappa shape index (κ2) is 14.3. The van der Waals surface area contributed by atoms with E-state index in [1.54, 1.807) is 12.1 Å².